The van der Waals surface area contributed by atoms with Crippen LogP contribution >= 0.6 is 0 Å². The van der Waals surface area contributed by atoms with Gasteiger partial charge in [0.2, 0.25) is 15.9 Å². The maximum atomic E-state index is 13.5. The molecule has 0 radical (unpaired) electrons. The Balaban J connectivity index is 1.64. The molecule has 2 aromatic rings. The molecule has 2 aromatic carbocycles. The topological polar surface area (TPSA) is 116 Å². The summed E-state index contributed by atoms with van der Waals surface area (Å²) in [5.41, 5.74) is 0.681. The third kappa shape index (κ3) is 5.94. The van der Waals surface area contributed by atoms with E-state index in [1.165, 1.54) is 19.2 Å². The van der Waals surface area contributed by atoms with Gasteiger partial charge in [-0.1, -0.05) is 6.92 Å². The van der Waals surface area contributed by atoms with Crippen molar-refractivity contribution in [1.29, 1.82) is 0 Å². The molecule has 0 saturated heterocycles. The minimum Gasteiger partial charge on any atom is -0.488 e. The highest BCUT2D eigenvalue weighted by Gasteiger charge is 2.36. The molecule has 0 unspecified atom stereocenters. The van der Waals surface area contributed by atoms with Crippen LogP contribution < -0.4 is 10.1 Å². The van der Waals surface area contributed by atoms with Crippen LogP contribution in [-0.4, -0.2) is 73.4 Å². The number of ether oxygens (including phenoxy) is 1. The molecular weight excluding hydrogens is 501 g/mol. The number of carbonyl (C=O) groups is 2. The highest BCUT2D eigenvalue weighted by Crippen LogP contribution is 2.33. The van der Waals surface area contributed by atoms with Crippen molar-refractivity contribution in [2.24, 2.45) is 11.8 Å². The Morgan fingerprint density at radius 1 is 1.24 bits per heavy atom. The Kier molecular flexibility index (Phi) is 7.86. The lowest BCUT2D eigenvalue weighted by Gasteiger charge is -2.38. The maximum absolute atomic E-state index is 13.5. The van der Waals surface area contributed by atoms with E-state index in [2.05, 4.69) is 5.32 Å². The molecule has 1 saturated carbocycles. The number of sulfonamides is 1. The summed E-state index contributed by atoms with van der Waals surface area (Å²) in [6, 6.07) is 8.90. The Bertz CT molecular complexity index is 1270. The molecular formula is C26H32FN3O6S. The van der Waals surface area contributed by atoms with Gasteiger partial charge in [0.25, 0.3) is 5.91 Å². The van der Waals surface area contributed by atoms with Gasteiger partial charge in [0.1, 0.15) is 17.7 Å². The molecule has 200 valence electrons. The molecule has 2 N–H and O–H groups in total. The molecule has 3 atom stereocenters. The first kappa shape index (κ1) is 27.0. The van der Waals surface area contributed by atoms with Crippen molar-refractivity contribution in [3.63, 3.8) is 0 Å². The first-order chi connectivity index (χ1) is 17.5. The average Bonchev–Trinajstić information content (AvgIpc) is 3.72. The zero-order chi connectivity index (χ0) is 26.9. The maximum Gasteiger partial charge on any atom is 0.258 e. The fourth-order valence-electron chi connectivity index (χ4n) is 4.25. The lowest BCUT2D eigenvalue weighted by Crippen LogP contribution is -2.50. The highest BCUT2D eigenvalue weighted by atomic mass is 32.2. The molecule has 9 nitrogen and oxygen atoms in total. The van der Waals surface area contributed by atoms with E-state index in [0.29, 0.717) is 5.69 Å². The summed E-state index contributed by atoms with van der Waals surface area (Å²) in [6.07, 6.45) is 1.04. The van der Waals surface area contributed by atoms with Gasteiger partial charge in [-0.2, -0.15) is 4.31 Å². The lowest BCUT2D eigenvalue weighted by molar-refractivity contribution is -0.117. The largest absolute Gasteiger partial charge is 0.488 e. The van der Waals surface area contributed by atoms with Crippen molar-refractivity contribution in [3.8, 4) is 5.75 Å². The van der Waals surface area contributed by atoms with Crippen LogP contribution in [0, 0.1) is 17.7 Å². The van der Waals surface area contributed by atoms with Crippen LogP contribution in [0.4, 0.5) is 10.1 Å². The van der Waals surface area contributed by atoms with E-state index >= 15 is 0 Å². The van der Waals surface area contributed by atoms with Gasteiger partial charge in [0, 0.05) is 31.1 Å². The number of anilines is 1. The Morgan fingerprint density at radius 2 is 1.92 bits per heavy atom. The van der Waals surface area contributed by atoms with Crippen LogP contribution in [0.1, 0.15) is 37.0 Å². The number of benzene rings is 2. The number of carbonyl (C=O) groups excluding carboxylic acids is 2. The highest BCUT2D eigenvalue weighted by molar-refractivity contribution is 7.89. The van der Waals surface area contributed by atoms with Gasteiger partial charge in [-0.3, -0.25) is 9.59 Å². The van der Waals surface area contributed by atoms with Crippen LogP contribution in [0.5, 0.6) is 5.75 Å². The molecule has 4 rings (SSSR count). The molecule has 1 fully saturated rings. The van der Waals surface area contributed by atoms with Crippen molar-refractivity contribution in [2.45, 2.75) is 43.7 Å². The van der Waals surface area contributed by atoms with Crippen molar-refractivity contribution in [1.82, 2.24) is 9.21 Å². The van der Waals surface area contributed by atoms with E-state index in [1.54, 1.807) is 30.0 Å². The summed E-state index contributed by atoms with van der Waals surface area (Å²) in [5.74, 6) is -1.04. The van der Waals surface area contributed by atoms with Crippen LogP contribution in [0.3, 0.4) is 0 Å². The summed E-state index contributed by atoms with van der Waals surface area (Å²) in [6.45, 7) is 3.51. The number of likely N-dealkylation sites (N-methyl/N-ethyl adjacent to an activating group) is 1. The number of nitrogens with one attached hydrogen (secondary N) is 1. The number of aliphatic hydroxyl groups is 1. The van der Waals surface area contributed by atoms with Gasteiger partial charge < -0.3 is 20.1 Å². The lowest BCUT2D eigenvalue weighted by atomic mass is 9.99. The van der Waals surface area contributed by atoms with Crippen molar-refractivity contribution in [3.05, 3.63) is 53.8 Å². The molecule has 2 aliphatic rings. The van der Waals surface area contributed by atoms with E-state index in [0.717, 1.165) is 29.3 Å². The van der Waals surface area contributed by atoms with Gasteiger partial charge >= 0.3 is 0 Å². The predicted molar refractivity (Wildman–Crippen MR) is 135 cm³/mol. The molecule has 2 amide bonds. The number of amides is 2. The molecule has 11 heteroatoms. The number of aliphatic hydroxyl groups excluding tert-OH is 1. The quantitative estimate of drug-likeness (QED) is 0.539. The molecule has 0 bridgehead atoms. The Morgan fingerprint density at radius 3 is 2.54 bits per heavy atom. The second kappa shape index (κ2) is 10.8. The number of fused-ring (bicyclic) bond motifs is 1. The monoisotopic (exact) mass is 533 g/mol. The summed E-state index contributed by atoms with van der Waals surface area (Å²) in [4.78, 5) is 27.3. The Hall–Kier alpha value is -3.02. The summed E-state index contributed by atoms with van der Waals surface area (Å²) >= 11 is 0. The van der Waals surface area contributed by atoms with Gasteiger partial charge in [-0.25, -0.2) is 12.8 Å². The first-order valence-corrected chi connectivity index (χ1v) is 13.7. The van der Waals surface area contributed by atoms with Crippen molar-refractivity contribution < 1.29 is 32.2 Å². The summed E-state index contributed by atoms with van der Waals surface area (Å²) in [7, 11) is -2.51. The summed E-state index contributed by atoms with van der Waals surface area (Å²) in [5, 5.41) is 12.6. The minimum absolute atomic E-state index is 0.0105. The normalized spacial score (nSPS) is 21.0. The van der Waals surface area contributed by atoms with Crippen LogP contribution in [-0.2, 0) is 14.8 Å². The van der Waals surface area contributed by atoms with Gasteiger partial charge in [0.05, 0.1) is 29.7 Å². The van der Waals surface area contributed by atoms with E-state index < -0.39 is 28.0 Å². The van der Waals surface area contributed by atoms with E-state index in [-0.39, 0.29) is 59.6 Å². The van der Waals surface area contributed by atoms with E-state index in [4.69, 9.17) is 4.74 Å². The fraction of sp³-hybridized carbons (Fsp3) is 0.462. The van der Waals surface area contributed by atoms with E-state index in [9.17, 15) is 27.5 Å². The third-order valence-electron chi connectivity index (χ3n) is 6.84. The van der Waals surface area contributed by atoms with Crippen molar-refractivity contribution in [2.75, 3.05) is 32.1 Å². The molecule has 1 aliphatic heterocycles. The number of halogens is 1. The smallest absolute Gasteiger partial charge is 0.258 e. The second-order valence-corrected chi connectivity index (χ2v) is 11.9. The third-order valence-corrected chi connectivity index (χ3v) is 8.68. The molecule has 0 spiro atoms. The number of hydrogen-bond donors (Lipinski definition) is 2. The van der Waals surface area contributed by atoms with Crippen LogP contribution in [0.2, 0.25) is 0 Å². The first-order valence-electron chi connectivity index (χ1n) is 12.3. The molecule has 1 aliphatic carbocycles. The average molecular weight is 534 g/mol. The molecule has 1 heterocycles. The zero-order valence-electron chi connectivity index (χ0n) is 21.1. The zero-order valence-corrected chi connectivity index (χ0v) is 21.9. The van der Waals surface area contributed by atoms with Gasteiger partial charge in [-0.05, 0) is 62.2 Å². The number of nitrogens with zero attached hydrogens (tertiary/aromatic N) is 2. The van der Waals surface area contributed by atoms with Crippen LogP contribution in [0.15, 0.2) is 47.4 Å². The summed E-state index contributed by atoms with van der Waals surface area (Å²) < 4.78 is 46.9. The second-order valence-electron chi connectivity index (χ2n) is 9.84. The molecule has 0 aromatic heterocycles. The van der Waals surface area contributed by atoms with Crippen molar-refractivity contribution >= 4 is 27.5 Å². The number of rotatable bonds is 8. The predicted octanol–water partition coefficient (Wildman–Crippen LogP) is 2.72. The standard InChI is InChI=1S/C26H32FN3O6S/c1-16-13-30(17(2)15-31)26(33)22-12-20(28-25(32)18-4-5-18)8-11-23(22)36-24(16)14-29(3)37(34,35)21-9-6-19(27)7-10-21/h6-12,16-18,24,31H,4-5,13-15H2,1-3H3,(H,28,32)/t16-,17-,24-/m1/s1. The fourth-order valence-corrected chi connectivity index (χ4v) is 5.43. The van der Waals surface area contributed by atoms with E-state index in [1.807, 2.05) is 6.92 Å². The molecule has 37 heavy (non-hydrogen) atoms. The van der Waals surface area contributed by atoms with Gasteiger partial charge in [-0.15, -0.1) is 0 Å². The van der Waals surface area contributed by atoms with Gasteiger partial charge in [0.15, 0.2) is 0 Å². The minimum atomic E-state index is -3.93. The van der Waals surface area contributed by atoms with Crippen LogP contribution in [0.25, 0.3) is 0 Å². The SMILES string of the molecule is C[C@@H]1CN([C@H](C)CO)C(=O)c2cc(NC(=O)C3CC3)ccc2O[C@@H]1CN(C)S(=O)(=O)c1ccc(F)cc1. The Labute approximate surface area is 216 Å². The number of hydrogen-bond acceptors (Lipinski definition) is 6.